The molecule has 0 saturated carbocycles. The molecule has 2 aromatic carbocycles. The molecule has 1 saturated heterocycles. The molecule has 3 rings (SSSR count). The number of hydrogen-bond acceptors (Lipinski definition) is 4. The standard InChI is InChI=1S/C18H18N2O4S/c1-2-13-6-3-4-9-16(13)19-18(22)14-7-5-8-15(12-14)20-17(21)10-11-25(20,23)24/h3-9,12H,2,10-11H2,1H3,(H,19,22). The van der Waals surface area contributed by atoms with Crippen molar-refractivity contribution >= 4 is 33.2 Å². The molecule has 7 heteroatoms. The van der Waals surface area contributed by atoms with Gasteiger partial charge in [0.05, 0.1) is 11.4 Å². The molecule has 6 nitrogen and oxygen atoms in total. The van der Waals surface area contributed by atoms with Crippen LogP contribution in [-0.4, -0.2) is 26.0 Å². The molecule has 1 fully saturated rings. The quantitative estimate of drug-likeness (QED) is 0.910. The lowest BCUT2D eigenvalue weighted by Gasteiger charge is -2.16. The Hall–Kier alpha value is -2.67. The van der Waals surface area contributed by atoms with Crippen molar-refractivity contribution in [2.24, 2.45) is 0 Å². The molecule has 0 radical (unpaired) electrons. The number of sulfonamides is 1. The van der Waals surface area contributed by atoms with Crippen LogP contribution in [0.2, 0.25) is 0 Å². The molecular formula is C18H18N2O4S. The van der Waals surface area contributed by atoms with Gasteiger partial charge in [-0.2, -0.15) is 0 Å². The fourth-order valence-electron chi connectivity index (χ4n) is 2.79. The van der Waals surface area contributed by atoms with E-state index in [-0.39, 0.29) is 23.8 Å². The highest BCUT2D eigenvalue weighted by Gasteiger charge is 2.36. The molecule has 130 valence electrons. The van der Waals surface area contributed by atoms with Crippen LogP contribution in [0.15, 0.2) is 48.5 Å². The molecule has 0 bridgehead atoms. The number of anilines is 2. The molecule has 1 N–H and O–H groups in total. The van der Waals surface area contributed by atoms with Crippen molar-refractivity contribution in [2.45, 2.75) is 19.8 Å². The summed E-state index contributed by atoms with van der Waals surface area (Å²) in [6.45, 7) is 2.00. The second-order valence-corrected chi connectivity index (χ2v) is 7.68. The Morgan fingerprint density at radius 2 is 1.92 bits per heavy atom. The van der Waals surface area contributed by atoms with Crippen LogP contribution in [0.3, 0.4) is 0 Å². The summed E-state index contributed by atoms with van der Waals surface area (Å²) in [6, 6.07) is 13.6. The van der Waals surface area contributed by atoms with E-state index in [9.17, 15) is 18.0 Å². The number of carbonyl (C=O) groups is 2. The largest absolute Gasteiger partial charge is 0.322 e. The van der Waals surface area contributed by atoms with Crippen LogP contribution in [0.25, 0.3) is 0 Å². The van der Waals surface area contributed by atoms with Gasteiger partial charge in [-0.3, -0.25) is 9.59 Å². The van der Waals surface area contributed by atoms with Crippen molar-refractivity contribution in [2.75, 3.05) is 15.4 Å². The normalized spacial score (nSPS) is 16.0. The van der Waals surface area contributed by atoms with E-state index >= 15 is 0 Å². The maximum Gasteiger partial charge on any atom is 0.255 e. The number of nitrogens with zero attached hydrogens (tertiary/aromatic N) is 1. The summed E-state index contributed by atoms with van der Waals surface area (Å²) in [5, 5.41) is 2.84. The van der Waals surface area contributed by atoms with Gasteiger partial charge in [-0.1, -0.05) is 31.2 Å². The molecule has 1 heterocycles. The molecule has 1 aliphatic rings. The van der Waals surface area contributed by atoms with E-state index in [0.29, 0.717) is 11.3 Å². The Balaban J connectivity index is 1.89. The van der Waals surface area contributed by atoms with Gasteiger partial charge in [-0.25, -0.2) is 12.7 Å². The Labute approximate surface area is 146 Å². The number of aryl methyl sites for hydroxylation is 1. The van der Waals surface area contributed by atoms with E-state index < -0.39 is 15.9 Å². The van der Waals surface area contributed by atoms with Crippen molar-refractivity contribution in [3.63, 3.8) is 0 Å². The van der Waals surface area contributed by atoms with Crippen molar-refractivity contribution in [1.29, 1.82) is 0 Å². The third-order valence-electron chi connectivity index (χ3n) is 4.07. The molecular weight excluding hydrogens is 340 g/mol. The maximum atomic E-state index is 12.5. The van der Waals surface area contributed by atoms with Crippen LogP contribution in [0.4, 0.5) is 11.4 Å². The zero-order chi connectivity index (χ0) is 18.0. The summed E-state index contributed by atoms with van der Waals surface area (Å²) in [7, 11) is -3.65. The first kappa shape index (κ1) is 17.2. The van der Waals surface area contributed by atoms with E-state index in [1.54, 1.807) is 12.1 Å². The Morgan fingerprint density at radius 1 is 1.16 bits per heavy atom. The molecule has 25 heavy (non-hydrogen) atoms. The molecule has 0 atom stereocenters. The van der Waals surface area contributed by atoms with Crippen LogP contribution in [0, 0.1) is 0 Å². The highest BCUT2D eigenvalue weighted by molar-refractivity contribution is 7.94. The highest BCUT2D eigenvalue weighted by Crippen LogP contribution is 2.26. The van der Waals surface area contributed by atoms with Crippen molar-refractivity contribution in [3.8, 4) is 0 Å². The summed E-state index contributed by atoms with van der Waals surface area (Å²) in [5.74, 6) is -1.03. The molecule has 2 aromatic rings. The summed E-state index contributed by atoms with van der Waals surface area (Å²) in [6.07, 6.45) is 0.736. The first-order chi connectivity index (χ1) is 11.9. The lowest BCUT2D eigenvalue weighted by Crippen LogP contribution is -2.29. The van der Waals surface area contributed by atoms with Gasteiger partial charge in [0.2, 0.25) is 15.9 Å². The SMILES string of the molecule is CCc1ccccc1NC(=O)c1cccc(N2C(=O)CCS2(=O)=O)c1. The molecule has 2 amide bonds. The molecule has 0 spiro atoms. The van der Waals surface area contributed by atoms with Crippen molar-refractivity contribution in [3.05, 3.63) is 59.7 Å². The summed E-state index contributed by atoms with van der Waals surface area (Å²) < 4.78 is 24.8. The molecule has 0 aliphatic carbocycles. The lowest BCUT2D eigenvalue weighted by molar-refractivity contribution is -0.116. The Kier molecular flexibility index (Phi) is 4.59. The van der Waals surface area contributed by atoms with Gasteiger partial charge in [0.1, 0.15) is 0 Å². The minimum atomic E-state index is -3.65. The highest BCUT2D eigenvalue weighted by atomic mass is 32.2. The minimum absolute atomic E-state index is 0.0391. The first-order valence-electron chi connectivity index (χ1n) is 7.97. The van der Waals surface area contributed by atoms with Gasteiger partial charge in [-0.05, 0) is 36.2 Å². The summed E-state index contributed by atoms with van der Waals surface area (Å²) >= 11 is 0. The van der Waals surface area contributed by atoms with E-state index in [1.807, 2.05) is 31.2 Å². The monoisotopic (exact) mass is 358 g/mol. The van der Waals surface area contributed by atoms with Crippen LogP contribution >= 0.6 is 0 Å². The van der Waals surface area contributed by atoms with Gasteiger partial charge in [0, 0.05) is 17.7 Å². The number of nitrogens with one attached hydrogen (secondary N) is 1. The van der Waals surface area contributed by atoms with E-state index in [1.165, 1.54) is 12.1 Å². The van der Waals surface area contributed by atoms with Crippen molar-refractivity contribution < 1.29 is 18.0 Å². The fraction of sp³-hybridized carbons (Fsp3) is 0.222. The van der Waals surface area contributed by atoms with E-state index in [4.69, 9.17) is 0 Å². The third kappa shape index (κ3) is 3.41. The molecule has 0 aromatic heterocycles. The predicted octanol–water partition coefficient (Wildman–Crippen LogP) is 2.57. The number of hydrogen-bond donors (Lipinski definition) is 1. The Bertz CT molecular complexity index is 938. The average molecular weight is 358 g/mol. The second kappa shape index (κ2) is 6.68. The Morgan fingerprint density at radius 3 is 2.60 bits per heavy atom. The van der Waals surface area contributed by atoms with E-state index in [2.05, 4.69) is 5.32 Å². The average Bonchev–Trinajstić information content (AvgIpc) is 2.88. The number of benzene rings is 2. The molecule has 0 unspecified atom stereocenters. The number of carbonyl (C=O) groups excluding carboxylic acids is 2. The summed E-state index contributed by atoms with van der Waals surface area (Å²) in [5.41, 5.74) is 2.20. The van der Waals surface area contributed by atoms with E-state index in [0.717, 1.165) is 16.3 Å². The van der Waals surface area contributed by atoms with Gasteiger partial charge in [0.25, 0.3) is 5.91 Å². The van der Waals surface area contributed by atoms with Gasteiger partial charge >= 0.3 is 0 Å². The zero-order valence-electron chi connectivity index (χ0n) is 13.7. The molecule has 1 aliphatic heterocycles. The van der Waals surface area contributed by atoms with Crippen LogP contribution in [0.1, 0.15) is 29.3 Å². The van der Waals surface area contributed by atoms with Gasteiger partial charge in [-0.15, -0.1) is 0 Å². The van der Waals surface area contributed by atoms with Crippen molar-refractivity contribution in [1.82, 2.24) is 0 Å². The zero-order valence-corrected chi connectivity index (χ0v) is 14.5. The topological polar surface area (TPSA) is 83.6 Å². The maximum absolute atomic E-state index is 12.5. The number of para-hydroxylation sites is 1. The third-order valence-corrected chi connectivity index (χ3v) is 5.76. The fourth-order valence-corrected chi connectivity index (χ4v) is 4.24. The second-order valence-electron chi connectivity index (χ2n) is 5.74. The first-order valence-corrected chi connectivity index (χ1v) is 9.58. The van der Waals surface area contributed by atoms with Gasteiger partial charge in [0.15, 0.2) is 0 Å². The summed E-state index contributed by atoms with van der Waals surface area (Å²) in [4.78, 5) is 24.4. The van der Waals surface area contributed by atoms with Crippen LogP contribution < -0.4 is 9.62 Å². The van der Waals surface area contributed by atoms with Crippen LogP contribution in [-0.2, 0) is 21.2 Å². The van der Waals surface area contributed by atoms with Crippen LogP contribution in [0.5, 0.6) is 0 Å². The number of rotatable bonds is 4. The minimum Gasteiger partial charge on any atom is -0.322 e. The predicted molar refractivity (Wildman–Crippen MR) is 96.1 cm³/mol. The van der Waals surface area contributed by atoms with Gasteiger partial charge < -0.3 is 5.32 Å². The smallest absolute Gasteiger partial charge is 0.255 e. The number of amides is 2. The lowest BCUT2D eigenvalue weighted by atomic mass is 10.1.